The molecular formula is C27H24F3N5O4. The summed E-state index contributed by atoms with van der Waals surface area (Å²) in [6, 6.07) is 10.5. The lowest BCUT2D eigenvalue weighted by Gasteiger charge is -2.23. The molecule has 202 valence electrons. The first-order valence-corrected chi connectivity index (χ1v) is 12.0. The first kappa shape index (κ1) is 26.0. The number of benzene rings is 2. The molecule has 12 heteroatoms. The fraction of sp³-hybridized carbons (Fsp3) is 0.259. The Balaban J connectivity index is 1.32. The molecule has 0 fully saturated rings. The number of hydrogen-bond acceptors (Lipinski definition) is 6. The summed E-state index contributed by atoms with van der Waals surface area (Å²) in [4.78, 5) is 35.3. The quantitative estimate of drug-likeness (QED) is 0.316. The maximum Gasteiger partial charge on any atom is 0.416 e. The Morgan fingerprint density at radius 2 is 1.79 bits per heavy atom. The third-order valence-electron chi connectivity index (χ3n) is 5.87. The van der Waals surface area contributed by atoms with Gasteiger partial charge >= 0.3 is 18.3 Å². The van der Waals surface area contributed by atoms with Gasteiger partial charge in [0.25, 0.3) is 0 Å². The molecule has 2 aromatic heterocycles. The van der Waals surface area contributed by atoms with Crippen molar-refractivity contribution < 1.29 is 32.2 Å². The zero-order valence-corrected chi connectivity index (χ0v) is 21.2. The highest BCUT2D eigenvalue weighted by Crippen LogP contribution is 2.33. The van der Waals surface area contributed by atoms with Gasteiger partial charge in [0.1, 0.15) is 17.7 Å². The number of carbonyl (C=O) groups excluding carboxylic acids is 2. The lowest BCUT2D eigenvalue weighted by atomic mass is 10.2. The summed E-state index contributed by atoms with van der Waals surface area (Å²) in [5, 5.41) is 3.15. The molecule has 39 heavy (non-hydrogen) atoms. The van der Waals surface area contributed by atoms with Crippen LogP contribution in [0.15, 0.2) is 61.1 Å². The highest BCUT2D eigenvalue weighted by molar-refractivity contribution is 5.98. The van der Waals surface area contributed by atoms with E-state index < -0.39 is 29.5 Å². The molecule has 5 rings (SSSR count). The minimum atomic E-state index is -4.52. The predicted molar refractivity (Wildman–Crippen MR) is 135 cm³/mol. The average molecular weight is 540 g/mol. The Morgan fingerprint density at radius 3 is 2.54 bits per heavy atom. The van der Waals surface area contributed by atoms with Gasteiger partial charge in [-0.2, -0.15) is 13.2 Å². The van der Waals surface area contributed by atoms with Gasteiger partial charge in [-0.1, -0.05) is 6.07 Å². The van der Waals surface area contributed by atoms with Crippen LogP contribution in [0, 0.1) is 0 Å². The van der Waals surface area contributed by atoms with Crippen molar-refractivity contribution in [1.29, 1.82) is 0 Å². The molecule has 0 unspecified atom stereocenters. The molecule has 9 nitrogen and oxygen atoms in total. The van der Waals surface area contributed by atoms with Gasteiger partial charge in [0.15, 0.2) is 0 Å². The number of rotatable bonds is 3. The van der Waals surface area contributed by atoms with E-state index in [-0.39, 0.29) is 18.8 Å². The molecule has 1 aliphatic heterocycles. The molecule has 2 aromatic carbocycles. The van der Waals surface area contributed by atoms with E-state index in [4.69, 9.17) is 9.47 Å². The Morgan fingerprint density at radius 1 is 1.00 bits per heavy atom. The van der Waals surface area contributed by atoms with E-state index in [0.29, 0.717) is 33.8 Å². The van der Waals surface area contributed by atoms with Crippen molar-refractivity contribution in [1.82, 2.24) is 19.4 Å². The second-order valence-corrected chi connectivity index (χ2v) is 9.96. The summed E-state index contributed by atoms with van der Waals surface area (Å²) in [5.41, 5.74) is 0.383. The molecule has 0 saturated heterocycles. The molecule has 0 spiro atoms. The maximum absolute atomic E-state index is 13.0. The van der Waals surface area contributed by atoms with E-state index in [0.717, 1.165) is 12.1 Å². The van der Waals surface area contributed by atoms with Gasteiger partial charge in [-0.05, 0) is 63.2 Å². The molecule has 0 aliphatic carbocycles. The highest BCUT2D eigenvalue weighted by atomic mass is 19.4. The largest absolute Gasteiger partial charge is 0.444 e. The Labute approximate surface area is 221 Å². The SMILES string of the molecule is CC(C)(C)OC(=O)N1Cc2ncnc(Oc3ccc4c(ccn4C(=O)Nc4cccc(C(F)(F)F)c4)c3)c2C1. The minimum Gasteiger partial charge on any atom is -0.444 e. The fourth-order valence-electron chi connectivity index (χ4n) is 4.13. The molecule has 1 aliphatic rings. The van der Waals surface area contributed by atoms with Gasteiger partial charge in [0.2, 0.25) is 5.88 Å². The van der Waals surface area contributed by atoms with E-state index in [1.165, 1.54) is 34.1 Å². The maximum atomic E-state index is 13.0. The van der Waals surface area contributed by atoms with Gasteiger partial charge in [-0.15, -0.1) is 0 Å². The third-order valence-corrected chi connectivity index (χ3v) is 5.87. The first-order valence-electron chi connectivity index (χ1n) is 12.0. The number of amides is 2. The molecule has 0 radical (unpaired) electrons. The number of alkyl halides is 3. The standard InChI is InChI=1S/C27H24F3N5O4/c1-26(2,3)39-25(37)34-13-20-21(14-34)31-15-32-23(20)38-19-7-8-22-16(11-19)9-10-35(22)24(36)33-18-6-4-5-17(12-18)27(28,29)30/h4-12,15H,13-14H2,1-3H3,(H,33,36). The summed E-state index contributed by atoms with van der Waals surface area (Å²) in [5.74, 6) is 0.738. The average Bonchev–Trinajstić information content (AvgIpc) is 3.48. The second-order valence-electron chi connectivity index (χ2n) is 9.96. The van der Waals surface area contributed by atoms with Gasteiger partial charge in [0, 0.05) is 17.3 Å². The summed E-state index contributed by atoms with van der Waals surface area (Å²) < 4.78 is 51.8. The number of ether oxygens (including phenoxy) is 2. The van der Waals surface area contributed by atoms with Crippen LogP contribution >= 0.6 is 0 Å². The zero-order valence-electron chi connectivity index (χ0n) is 21.2. The van der Waals surface area contributed by atoms with Crippen molar-refractivity contribution in [2.45, 2.75) is 45.6 Å². The van der Waals surface area contributed by atoms with Crippen LogP contribution in [0.2, 0.25) is 0 Å². The van der Waals surface area contributed by atoms with Crippen LogP contribution in [-0.4, -0.2) is 37.2 Å². The molecule has 0 atom stereocenters. The van der Waals surface area contributed by atoms with Crippen molar-refractivity contribution in [3.05, 3.63) is 77.9 Å². The summed E-state index contributed by atoms with van der Waals surface area (Å²) in [7, 11) is 0. The van der Waals surface area contributed by atoms with Crippen LogP contribution in [0.1, 0.15) is 37.6 Å². The van der Waals surface area contributed by atoms with Crippen molar-refractivity contribution in [2.24, 2.45) is 0 Å². The molecule has 4 aromatic rings. The third kappa shape index (κ3) is 5.64. The van der Waals surface area contributed by atoms with Crippen LogP contribution < -0.4 is 10.1 Å². The van der Waals surface area contributed by atoms with Gasteiger partial charge in [-0.25, -0.2) is 19.6 Å². The molecule has 0 saturated carbocycles. The smallest absolute Gasteiger partial charge is 0.416 e. The lowest BCUT2D eigenvalue weighted by molar-refractivity contribution is -0.137. The first-order chi connectivity index (χ1) is 18.4. The molecule has 2 amide bonds. The fourth-order valence-corrected chi connectivity index (χ4v) is 4.13. The number of fused-ring (bicyclic) bond motifs is 2. The summed E-state index contributed by atoms with van der Waals surface area (Å²) >= 11 is 0. The van der Waals surface area contributed by atoms with Crippen LogP contribution in [-0.2, 0) is 24.0 Å². The highest BCUT2D eigenvalue weighted by Gasteiger charge is 2.32. The molecule has 3 heterocycles. The number of nitrogens with zero attached hydrogens (tertiary/aromatic N) is 4. The zero-order chi connectivity index (χ0) is 27.9. The molecule has 0 bridgehead atoms. The topological polar surface area (TPSA) is 98.6 Å². The summed E-state index contributed by atoms with van der Waals surface area (Å²) in [6.45, 7) is 5.88. The van der Waals surface area contributed by atoms with Gasteiger partial charge in [0.05, 0.1) is 35.4 Å². The van der Waals surface area contributed by atoms with E-state index >= 15 is 0 Å². The number of hydrogen-bond donors (Lipinski definition) is 1. The predicted octanol–water partition coefficient (Wildman–Crippen LogP) is 6.57. The van der Waals surface area contributed by atoms with Gasteiger partial charge in [-0.3, -0.25) is 9.47 Å². The van der Waals surface area contributed by atoms with Crippen molar-refractivity contribution in [3.8, 4) is 11.6 Å². The Hall–Kier alpha value is -4.61. The summed E-state index contributed by atoms with van der Waals surface area (Å²) in [6.07, 6.45) is -2.11. The van der Waals surface area contributed by atoms with Crippen molar-refractivity contribution in [3.63, 3.8) is 0 Å². The van der Waals surface area contributed by atoms with E-state index in [9.17, 15) is 22.8 Å². The van der Waals surface area contributed by atoms with Crippen molar-refractivity contribution >= 4 is 28.7 Å². The second kappa shape index (κ2) is 9.61. The Bertz CT molecular complexity index is 1580. The van der Waals surface area contributed by atoms with E-state index in [1.54, 1.807) is 45.0 Å². The number of aromatic nitrogens is 3. The lowest BCUT2D eigenvalue weighted by Crippen LogP contribution is -2.33. The Kier molecular flexibility index (Phi) is 6.41. The van der Waals surface area contributed by atoms with Crippen LogP contribution in [0.5, 0.6) is 11.6 Å². The van der Waals surface area contributed by atoms with E-state index in [1.807, 2.05) is 0 Å². The van der Waals surface area contributed by atoms with Crippen LogP contribution in [0.3, 0.4) is 0 Å². The van der Waals surface area contributed by atoms with Crippen molar-refractivity contribution in [2.75, 3.05) is 5.32 Å². The van der Waals surface area contributed by atoms with Crippen LogP contribution in [0.25, 0.3) is 10.9 Å². The molecule has 1 N–H and O–H groups in total. The monoisotopic (exact) mass is 539 g/mol. The molecular weight excluding hydrogens is 515 g/mol. The normalized spacial score (nSPS) is 13.3. The number of halogens is 3. The van der Waals surface area contributed by atoms with Crippen LogP contribution in [0.4, 0.5) is 28.4 Å². The minimum absolute atomic E-state index is 0.0228. The number of carbonyl (C=O) groups is 2. The number of anilines is 1. The van der Waals surface area contributed by atoms with Gasteiger partial charge < -0.3 is 14.8 Å². The van der Waals surface area contributed by atoms with E-state index in [2.05, 4.69) is 15.3 Å². The number of nitrogens with one attached hydrogen (secondary N) is 1.